The van der Waals surface area contributed by atoms with Gasteiger partial charge in [-0.15, -0.1) is 11.3 Å². The summed E-state index contributed by atoms with van der Waals surface area (Å²) in [4.78, 5) is 18.2. The molecule has 0 atom stereocenters. The maximum absolute atomic E-state index is 12.9. The molecular formula is C19H23N3O4S2. The van der Waals surface area contributed by atoms with Gasteiger partial charge in [-0.05, 0) is 48.9 Å². The van der Waals surface area contributed by atoms with Crippen molar-refractivity contribution in [2.24, 2.45) is 5.16 Å². The Morgan fingerprint density at radius 2 is 2.07 bits per heavy atom. The largest absolute Gasteiger partial charge is 0.386 e. The summed E-state index contributed by atoms with van der Waals surface area (Å²) in [5.41, 5.74) is 1.07. The average Bonchev–Trinajstić information content (AvgIpc) is 3.21. The molecule has 0 bridgehead atoms. The lowest BCUT2D eigenvalue weighted by Crippen LogP contribution is -2.36. The van der Waals surface area contributed by atoms with E-state index in [4.69, 9.17) is 4.84 Å². The van der Waals surface area contributed by atoms with E-state index < -0.39 is 15.9 Å². The second kappa shape index (κ2) is 9.31. The summed E-state index contributed by atoms with van der Waals surface area (Å²) in [5.74, 6) is -0.409. The van der Waals surface area contributed by atoms with E-state index in [-0.39, 0.29) is 11.5 Å². The smallest absolute Gasteiger partial charge is 0.265 e. The highest BCUT2D eigenvalue weighted by molar-refractivity contribution is 7.89. The van der Waals surface area contributed by atoms with E-state index in [0.717, 1.165) is 24.1 Å². The number of carbonyl (C=O) groups is 1. The molecule has 1 N–H and O–H groups in total. The highest BCUT2D eigenvalue weighted by Gasteiger charge is 2.27. The molecule has 1 saturated heterocycles. The molecule has 1 aromatic carbocycles. The molecule has 150 valence electrons. The Kier molecular flexibility index (Phi) is 6.82. The Morgan fingerprint density at radius 1 is 1.29 bits per heavy atom. The Bertz CT molecular complexity index is 934. The SMILES string of the molecule is Cc1ccc(NC(=O)CO/N=C\c2cccs2)cc1S(=O)(=O)N1CCCCC1. The van der Waals surface area contributed by atoms with Gasteiger partial charge < -0.3 is 10.2 Å². The lowest BCUT2D eigenvalue weighted by atomic mass is 10.2. The van der Waals surface area contributed by atoms with Crippen molar-refractivity contribution in [3.8, 4) is 0 Å². The molecule has 2 aromatic rings. The van der Waals surface area contributed by atoms with Gasteiger partial charge in [-0.2, -0.15) is 4.31 Å². The van der Waals surface area contributed by atoms with Crippen molar-refractivity contribution in [1.82, 2.24) is 4.31 Å². The van der Waals surface area contributed by atoms with Crippen LogP contribution >= 0.6 is 11.3 Å². The van der Waals surface area contributed by atoms with E-state index >= 15 is 0 Å². The molecule has 2 heterocycles. The number of amides is 1. The van der Waals surface area contributed by atoms with Crippen LogP contribution in [-0.4, -0.2) is 44.5 Å². The Morgan fingerprint density at radius 3 is 2.79 bits per heavy atom. The van der Waals surface area contributed by atoms with Crippen LogP contribution in [0.15, 0.2) is 45.8 Å². The van der Waals surface area contributed by atoms with Gasteiger partial charge in [0.15, 0.2) is 6.61 Å². The summed E-state index contributed by atoms with van der Waals surface area (Å²) in [6.45, 7) is 2.57. The molecule has 1 fully saturated rings. The van der Waals surface area contributed by atoms with E-state index in [0.29, 0.717) is 24.3 Å². The minimum absolute atomic E-state index is 0.226. The van der Waals surface area contributed by atoms with Crippen LogP contribution < -0.4 is 5.32 Å². The third kappa shape index (κ3) is 5.18. The van der Waals surface area contributed by atoms with Gasteiger partial charge in [0, 0.05) is 23.7 Å². The summed E-state index contributed by atoms with van der Waals surface area (Å²) in [5, 5.41) is 8.33. The summed E-state index contributed by atoms with van der Waals surface area (Å²) in [6.07, 6.45) is 4.33. The highest BCUT2D eigenvalue weighted by Crippen LogP contribution is 2.26. The molecule has 1 amide bonds. The monoisotopic (exact) mass is 421 g/mol. The van der Waals surface area contributed by atoms with E-state index in [9.17, 15) is 13.2 Å². The number of benzene rings is 1. The van der Waals surface area contributed by atoms with Crippen molar-refractivity contribution in [3.05, 3.63) is 46.2 Å². The summed E-state index contributed by atoms with van der Waals surface area (Å²) >= 11 is 1.51. The number of anilines is 1. The first-order valence-corrected chi connectivity index (χ1v) is 11.4. The number of carbonyl (C=O) groups excluding carboxylic acids is 1. The van der Waals surface area contributed by atoms with Gasteiger partial charge in [-0.1, -0.05) is 23.7 Å². The van der Waals surface area contributed by atoms with Crippen LogP contribution in [0, 0.1) is 6.92 Å². The number of piperidine rings is 1. The molecule has 9 heteroatoms. The van der Waals surface area contributed by atoms with Gasteiger partial charge in [-0.3, -0.25) is 4.79 Å². The third-order valence-corrected chi connectivity index (χ3v) is 7.25. The van der Waals surface area contributed by atoms with Crippen molar-refractivity contribution in [3.63, 3.8) is 0 Å². The lowest BCUT2D eigenvalue weighted by molar-refractivity contribution is -0.120. The van der Waals surface area contributed by atoms with Crippen LogP contribution in [0.1, 0.15) is 29.7 Å². The molecule has 1 aliphatic heterocycles. The van der Waals surface area contributed by atoms with Crippen LogP contribution in [0.5, 0.6) is 0 Å². The zero-order chi connectivity index (χ0) is 20.0. The minimum atomic E-state index is -3.57. The molecular weight excluding hydrogens is 398 g/mol. The van der Waals surface area contributed by atoms with Gasteiger partial charge in [0.05, 0.1) is 11.1 Å². The van der Waals surface area contributed by atoms with Crippen LogP contribution in [0.3, 0.4) is 0 Å². The van der Waals surface area contributed by atoms with E-state index in [2.05, 4.69) is 10.5 Å². The fourth-order valence-electron chi connectivity index (χ4n) is 2.95. The zero-order valence-electron chi connectivity index (χ0n) is 15.6. The molecule has 1 aliphatic rings. The number of thiophene rings is 1. The van der Waals surface area contributed by atoms with Crippen LogP contribution in [-0.2, 0) is 19.7 Å². The fraction of sp³-hybridized carbons (Fsp3) is 0.368. The number of hydrogen-bond acceptors (Lipinski definition) is 6. The topological polar surface area (TPSA) is 88.1 Å². The number of aryl methyl sites for hydroxylation is 1. The lowest BCUT2D eigenvalue weighted by Gasteiger charge is -2.26. The number of nitrogens with zero attached hydrogens (tertiary/aromatic N) is 2. The van der Waals surface area contributed by atoms with Gasteiger partial charge in [0.2, 0.25) is 10.0 Å². The Balaban J connectivity index is 1.63. The number of sulfonamides is 1. The van der Waals surface area contributed by atoms with Crippen molar-refractivity contribution in [2.45, 2.75) is 31.1 Å². The zero-order valence-corrected chi connectivity index (χ0v) is 17.3. The number of oxime groups is 1. The second-order valence-corrected chi connectivity index (χ2v) is 9.40. The normalized spacial score (nSPS) is 15.6. The first kappa shape index (κ1) is 20.5. The molecule has 0 radical (unpaired) electrons. The van der Waals surface area contributed by atoms with Crippen LogP contribution in [0.4, 0.5) is 5.69 Å². The average molecular weight is 422 g/mol. The third-order valence-electron chi connectivity index (χ3n) is 4.40. The Labute approximate surface area is 169 Å². The molecule has 0 aliphatic carbocycles. The first-order valence-electron chi connectivity index (χ1n) is 9.06. The van der Waals surface area contributed by atoms with E-state index in [1.165, 1.54) is 27.9 Å². The van der Waals surface area contributed by atoms with Gasteiger partial charge in [0.25, 0.3) is 5.91 Å². The predicted octanol–water partition coefficient (Wildman–Crippen LogP) is 3.22. The van der Waals surface area contributed by atoms with Gasteiger partial charge in [-0.25, -0.2) is 8.42 Å². The molecule has 28 heavy (non-hydrogen) atoms. The van der Waals surface area contributed by atoms with E-state index in [1.807, 2.05) is 17.5 Å². The summed E-state index contributed by atoms with van der Waals surface area (Å²) < 4.78 is 27.4. The highest BCUT2D eigenvalue weighted by atomic mass is 32.2. The maximum atomic E-state index is 12.9. The molecule has 0 spiro atoms. The van der Waals surface area contributed by atoms with Crippen molar-refractivity contribution < 1.29 is 18.0 Å². The van der Waals surface area contributed by atoms with Gasteiger partial charge >= 0.3 is 0 Å². The van der Waals surface area contributed by atoms with Crippen molar-refractivity contribution in [1.29, 1.82) is 0 Å². The summed E-state index contributed by atoms with van der Waals surface area (Å²) in [7, 11) is -3.57. The molecule has 0 unspecified atom stereocenters. The standard InChI is InChI=1S/C19H23N3O4S2/c1-15-7-8-16(12-18(15)28(24,25)22-9-3-2-4-10-22)21-19(23)14-26-20-13-17-6-5-11-27-17/h5-8,11-13H,2-4,9-10,14H2,1H3,(H,21,23)/b20-13-. The summed E-state index contributed by atoms with van der Waals surface area (Å²) in [6, 6.07) is 8.66. The van der Waals surface area contributed by atoms with Crippen LogP contribution in [0.25, 0.3) is 0 Å². The fourth-order valence-corrected chi connectivity index (χ4v) is 5.29. The number of nitrogens with one attached hydrogen (secondary N) is 1. The van der Waals surface area contributed by atoms with E-state index in [1.54, 1.807) is 19.1 Å². The predicted molar refractivity (Wildman–Crippen MR) is 110 cm³/mol. The minimum Gasteiger partial charge on any atom is -0.386 e. The number of rotatable bonds is 7. The van der Waals surface area contributed by atoms with Crippen LogP contribution in [0.2, 0.25) is 0 Å². The first-order chi connectivity index (χ1) is 13.5. The molecule has 0 saturated carbocycles. The number of hydrogen-bond donors (Lipinski definition) is 1. The van der Waals surface area contributed by atoms with Crippen molar-refractivity contribution in [2.75, 3.05) is 25.0 Å². The van der Waals surface area contributed by atoms with Gasteiger partial charge in [0.1, 0.15) is 0 Å². The maximum Gasteiger partial charge on any atom is 0.265 e. The molecule has 3 rings (SSSR count). The van der Waals surface area contributed by atoms with Crippen molar-refractivity contribution >= 4 is 39.2 Å². The molecule has 1 aromatic heterocycles. The quantitative estimate of drug-likeness (QED) is 0.549. The Hall–Kier alpha value is -2.23. The molecule has 7 nitrogen and oxygen atoms in total. The second-order valence-electron chi connectivity index (χ2n) is 6.52.